The third-order valence-corrected chi connectivity index (χ3v) is 6.84. The number of hydrogen-bond donors (Lipinski definition) is 4. The van der Waals surface area contributed by atoms with Gasteiger partial charge < -0.3 is 10.2 Å². The van der Waals surface area contributed by atoms with Gasteiger partial charge in [0.15, 0.2) is 0 Å². The average Bonchev–Trinajstić information content (AvgIpc) is 2.86. The minimum atomic E-state index is -4.16. The van der Waals surface area contributed by atoms with Gasteiger partial charge in [0, 0.05) is 17.7 Å². The number of aromatic carboxylic acids is 1. The van der Waals surface area contributed by atoms with Gasteiger partial charge in [-0.3, -0.25) is 8.74 Å². The van der Waals surface area contributed by atoms with Gasteiger partial charge in [-0.1, -0.05) is 24.3 Å². The summed E-state index contributed by atoms with van der Waals surface area (Å²) in [5.41, 5.74) is 2.13. The third kappa shape index (κ3) is 6.37. The standard InChI is InChI=1S/C22H17N3O5S.CH4O4S/c1-25-19-8-4-2-6-15(19)18(16-7-3-5-9-20(16)25)13-23-24-31(29,30)14-10-11-21(26)17(12-14)22(27)28;1-5-6(2,3)4/h2-13H,1H3,(H2,26,27,28);1H3,(H,2,3,4)/p+1. The van der Waals surface area contributed by atoms with E-state index in [4.69, 9.17) is 9.66 Å². The number of hydrazone groups is 1. The van der Waals surface area contributed by atoms with E-state index in [9.17, 15) is 26.7 Å². The summed E-state index contributed by atoms with van der Waals surface area (Å²) < 4.78 is 56.9. The molecule has 0 bridgehead atoms. The Hall–Kier alpha value is -4.11. The highest BCUT2D eigenvalue weighted by molar-refractivity contribution is 7.89. The number of hydrogen-bond acceptors (Lipinski definition) is 8. The van der Waals surface area contributed by atoms with Gasteiger partial charge in [-0.25, -0.2) is 9.63 Å². The van der Waals surface area contributed by atoms with E-state index in [1.807, 2.05) is 55.6 Å². The predicted molar refractivity (Wildman–Crippen MR) is 134 cm³/mol. The van der Waals surface area contributed by atoms with Crippen LogP contribution in [0.15, 0.2) is 76.7 Å². The van der Waals surface area contributed by atoms with Gasteiger partial charge in [-0.15, -0.1) is 0 Å². The number of carbonyl (C=O) groups is 1. The van der Waals surface area contributed by atoms with Crippen molar-refractivity contribution >= 4 is 54.4 Å². The molecule has 194 valence electrons. The molecule has 0 fully saturated rings. The second-order valence-electron chi connectivity index (χ2n) is 7.44. The van der Waals surface area contributed by atoms with Crippen LogP contribution in [0.3, 0.4) is 0 Å². The number of aromatic hydroxyl groups is 1. The molecule has 0 aliphatic carbocycles. The van der Waals surface area contributed by atoms with E-state index in [-0.39, 0.29) is 4.90 Å². The monoisotopic (exact) mass is 548 g/mol. The molecular weight excluding hydrogens is 526 g/mol. The fourth-order valence-corrected chi connectivity index (χ4v) is 4.29. The maximum atomic E-state index is 12.6. The summed E-state index contributed by atoms with van der Waals surface area (Å²) >= 11 is 0. The Morgan fingerprint density at radius 2 is 1.49 bits per heavy atom. The summed E-state index contributed by atoms with van der Waals surface area (Å²) in [4.78, 5) is 13.0. The number of carboxylic acids is 1. The highest BCUT2D eigenvalue weighted by Crippen LogP contribution is 2.24. The molecule has 3 aromatic carbocycles. The molecule has 0 amide bonds. The number of carboxylic acid groups (broad SMARTS) is 1. The Balaban J connectivity index is 0.000000568. The highest BCUT2D eigenvalue weighted by Gasteiger charge is 2.19. The minimum absolute atomic E-state index is 0.325. The first-order valence-corrected chi connectivity index (χ1v) is 13.1. The van der Waals surface area contributed by atoms with E-state index in [0.717, 1.165) is 52.7 Å². The Kier molecular flexibility index (Phi) is 8.08. The maximum absolute atomic E-state index is 12.6. The number of para-hydroxylation sites is 2. The van der Waals surface area contributed by atoms with Crippen molar-refractivity contribution in [2.24, 2.45) is 12.1 Å². The zero-order valence-corrected chi connectivity index (χ0v) is 21.1. The lowest BCUT2D eigenvalue weighted by molar-refractivity contribution is -0.617. The van der Waals surface area contributed by atoms with Crippen molar-refractivity contribution in [2.45, 2.75) is 4.90 Å². The molecule has 0 unspecified atom stereocenters. The van der Waals surface area contributed by atoms with Crippen LogP contribution in [0.4, 0.5) is 0 Å². The van der Waals surface area contributed by atoms with Crippen LogP contribution >= 0.6 is 0 Å². The van der Waals surface area contributed by atoms with Crippen LogP contribution < -0.4 is 9.40 Å². The summed E-state index contributed by atoms with van der Waals surface area (Å²) in [5, 5.41) is 24.4. The third-order valence-electron chi connectivity index (χ3n) is 5.20. The molecule has 4 aromatic rings. The predicted octanol–water partition coefficient (Wildman–Crippen LogP) is 1.97. The number of fused-ring (bicyclic) bond motifs is 2. The summed E-state index contributed by atoms with van der Waals surface area (Å²) in [6.45, 7) is 0. The number of aryl methyl sites for hydroxylation is 1. The van der Waals surface area contributed by atoms with Crippen LogP contribution in [0.1, 0.15) is 15.9 Å². The van der Waals surface area contributed by atoms with Crippen molar-refractivity contribution in [3.05, 3.63) is 77.9 Å². The maximum Gasteiger partial charge on any atom is 0.397 e. The summed E-state index contributed by atoms with van der Waals surface area (Å²) in [6, 6.07) is 18.4. The molecule has 0 saturated heterocycles. The molecule has 1 heterocycles. The molecule has 1 aromatic heterocycles. The zero-order valence-electron chi connectivity index (χ0n) is 19.4. The molecule has 12 nitrogen and oxygen atoms in total. The molecule has 0 radical (unpaired) electrons. The van der Waals surface area contributed by atoms with Crippen LogP contribution in [0.25, 0.3) is 21.8 Å². The first-order chi connectivity index (χ1) is 17.4. The molecule has 4 N–H and O–H groups in total. The van der Waals surface area contributed by atoms with E-state index in [0.29, 0.717) is 0 Å². The molecule has 4 rings (SSSR count). The Morgan fingerprint density at radius 3 is 1.97 bits per heavy atom. The van der Waals surface area contributed by atoms with Gasteiger partial charge in [0.1, 0.15) is 18.4 Å². The van der Waals surface area contributed by atoms with E-state index >= 15 is 0 Å². The number of phenols is 1. The number of pyridine rings is 1. The van der Waals surface area contributed by atoms with Crippen molar-refractivity contribution < 1.29 is 45.1 Å². The van der Waals surface area contributed by atoms with Crippen LogP contribution in [0.5, 0.6) is 5.75 Å². The van der Waals surface area contributed by atoms with Crippen LogP contribution in [-0.2, 0) is 31.7 Å². The highest BCUT2D eigenvalue weighted by atomic mass is 32.3. The van der Waals surface area contributed by atoms with Crippen molar-refractivity contribution in [2.75, 3.05) is 7.11 Å². The van der Waals surface area contributed by atoms with Gasteiger partial charge in [0.05, 0.1) is 29.0 Å². The lowest BCUT2D eigenvalue weighted by Crippen LogP contribution is -2.30. The smallest absolute Gasteiger partial charge is 0.397 e. The number of aromatic nitrogens is 1. The minimum Gasteiger partial charge on any atom is -0.507 e. The quantitative estimate of drug-likeness (QED) is 0.0919. The molecule has 0 atom stereocenters. The number of nitrogens with one attached hydrogen (secondary N) is 1. The molecule has 0 saturated carbocycles. The fraction of sp³-hybridized carbons (Fsp3) is 0.0870. The Labute approximate surface area is 212 Å². The lowest BCUT2D eigenvalue weighted by Gasteiger charge is -2.08. The largest absolute Gasteiger partial charge is 0.507 e. The van der Waals surface area contributed by atoms with Gasteiger partial charge >= 0.3 is 16.4 Å². The van der Waals surface area contributed by atoms with Crippen LogP contribution in [-0.4, -0.2) is 50.9 Å². The molecule has 0 aliphatic rings. The van der Waals surface area contributed by atoms with Gasteiger partial charge in [-0.05, 0) is 30.3 Å². The van der Waals surface area contributed by atoms with E-state index in [1.54, 1.807) is 0 Å². The van der Waals surface area contributed by atoms with Crippen molar-refractivity contribution in [1.29, 1.82) is 0 Å². The normalized spacial score (nSPS) is 11.9. The second kappa shape index (κ2) is 10.9. The number of rotatable bonds is 6. The number of nitrogens with zero attached hydrogens (tertiary/aromatic N) is 2. The van der Waals surface area contributed by atoms with Crippen molar-refractivity contribution in [1.82, 2.24) is 4.83 Å². The molecule has 37 heavy (non-hydrogen) atoms. The number of benzene rings is 3. The summed E-state index contributed by atoms with van der Waals surface area (Å²) in [6.07, 6.45) is 1.43. The second-order valence-corrected chi connectivity index (χ2v) is 10.3. The van der Waals surface area contributed by atoms with E-state index in [1.165, 1.54) is 6.21 Å². The van der Waals surface area contributed by atoms with Crippen LogP contribution in [0.2, 0.25) is 0 Å². The van der Waals surface area contributed by atoms with Crippen molar-refractivity contribution in [3.8, 4) is 5.75 Å². The van der Waals surface area contributed by atoms with Crippen LogP contribution in [0, 0.1) is 0 Å². The first-order valence-electron chi connectivity index (χ1n) is 10.3. The van der Waals surface area contributed by atoms with Gasteiger partial charge in [0.2, 0.25) is 11.0 Å². The van der Waals surface area contributed by atoms with Gasteiger partial charge in [-0.2, -0.15) is 26.5 Å². The molecule has 0 spiro atoms. The molecule has 14 heteroatoms. The van der Waals surface area contributed by atoms with Crippen molar-refractivity contribution in [3.63, 3.8) is 0 Å². The molecular formula is C23H22N3O9S2+. The summed E-state index contributed by atoms with van der Waals surface area (Å²) in [7, 11) is -5.48. The van der Waals surface area contributed by atoms with Gasteiger partial charge in [0.25, 0.3) is 10.0 Å². The average molecular weight is 549 g/mol. The first kappa shape index (κ1) is 27.5. The Morgan fingerprint density at radius 1 is 0.973 bits per heavy atom. The zero-order chi connectivity index (χ0) is 27.4. The fourth-order valence-electron chi connectivity index (χ4n) is 3.47. The van der Waals surface area contributed by atoms with E-state index in [2.05, 4.69) is 18.7 Å². The Bertz CT molecular complexity index is 1680. The topological polar surface area (TPSA) is 184 Å². The SMILES string of the molecule is COS(=O)(=O)O.C[n+]1c2ccccc2c(/C=N/NS(=O)(=O)c2ccc(O)c(C(=O)O)c2)c2ccccc21. The molecule has 0 aliphatic heterocycles. The van der Waals surface area contributed by atoms with E-state index < -0.39 is 37.7 Å². The summed E-state index contributed by atoms with van der Waals surface area (Å²) in [5.74, 6) is -1.96. The lowest BCUT2D eigenvalue weighted by atomic mass is 10.0. The number of sulfonamides is 1.